The van der Waals surface area contributed by atoms with Crippen molar-refractivity contribution in [3.05, 3.63) is 35.0 Å². The van der Waals surface area contributed by atoms with E-state index in [4.69, 9.17) is 11.6 Å². The van der Waals surface area contributed by atoms with E-state index in [9.17, 15) is 4.79 Å². The van der Waals surface area contributed by atoms with Gasteiger partial charge in [0.05, 0.1) is 11.6 Å². The van der Waals surface area contributed by atoms with Crippen LogP contribution >= 0.6 is 11.6 Å². The Hall–Kier alpha value is -1.57. The van der Waals surface area contributed by atoms with Crippen molar-refractivity contribution >= 4 is 28.6 Å². The molecule has 1 heterocycles. The van der Waals surface area contributed by atoms with Gasteiger partial charge in [0.2, 0.25) is 6.08 Å². The predicted octanol–water partition coefficient (Wildman–Crippen LogP) is 2.67. The quantitative estimate of drug-likeness (QED) is 0.566. The summed E-state index contributed by atoms with van der Waals surface area (Å²) in [5, 5.41) is 1.64. The van der Waals surface area contributed by atoms with Crippen molar-refractivity contribution < 1.29 is 4.79 Å². The Balaban J connectivity index is 2.69. The van der Waals surface area contributed by atoms with Gasteiger partial charge in [-0.25, -0.2) is 9.79 Å². The van der Waals surface area contributed by atoms with E-state index in [0.717, 1.165) is 16.5 Å². The number of benzene rings is 1. The molecular formula is C11H9ClN2O. The molecule has 15 heavy (non-hydrogen) atoms. The number of carbonyl (C=O) groups excluding carboxylic acids is 1. The number of nitrogens with zero attached hydrogens (tertiary/aromatic N) is 2. The monoisotopic (exact) mass is 220 g/mol. The molecule has 0 aliphatic rings. The van der Waals surface area contributed by atoms with Gasteiger partial charge < -0.3 is 4.57 Å². The molecule has 76 valence electrons. The molecule has 0 unspecified atom stereocenters. The van der Waals surface area contributed by atoms with Gasteiger partial charge in [0.15, 0.2) is 0 Å². The minimum atomic E-state index is 0.324. The van der Waals surface area contributed by atoms with E-state index in [1.807, 2.05) is 36.0 Å². The molecule has 1 aromatic carbocycles. The Morgan fingerprint density at radius 2 is 2.33 bits per heavy atom. The maximum atomic E-state index is 10.1. The number of halogens is 1. The topological polar surface area (TPSA) is 34.4 Å². The summed E-state index contributed by atoms with van der Waals surface area (Å²) in [6, 6.07) is 5.82. The van der Waals surface area contributed by atoms with Crippen molar-refractivity contribution in [1.82, 2.24) is 4.57 Å². The average molecular weight is 221 g/mol. The van der Waals surface area contributed by atoms with Crippen LogP contribution in [0.25, 0.3) is 10.9 Å². The first-order valence-corrected chi connectivity index (χ1v) is 4.88. The van der Waals surface area contributed by atoms with Crippen LogP contribution in [0.5, 0.6) is 0 Å². The zero-order valence-electron chi connectivity index (χ0n) is 8.20. The normalized spacial score (nSPS) is 10.3. The van der Waals surface area contributed by atoms with Crippen molar-refractivity contribution in [3.63, 3.8) is 0 Å². The summed E-state index contributed by atoms with van der Waals surface area (Å²) in [5.41, 5.74) is 1.99. The van der Waals surface area contributed by atoms with Crippen LogP contribution in [0, 0.1) is 0 Å². The van der Waals surface area contributed by atoms with Crippen LogP contribution in [0.2, 0.25) is 5.02 Å². The minimum Gasteiger partial charge on any atom is -0.349 e. The van der Waals surface area contributed by atoms with Gasteiger partial charge in [-0.1, -0.05) is 23.7 Å². The van der Waals surface area contributed by atoms with E-state index in [2.05, 4.69) is 4.99 Å². The summed E-state index contributed by atoms with van der Waals surface area (Å²) >= 11 is 6.10. The SMILES string of the molecule is Cn1cc(Cl)c2c(CN=C=O)cccc21. The molecule has 0 aliphatic heterocycles. The molecule has 0 N–H and O–H groups in total. The number of hydrogen-bond acceptors (Lipinski definition) is 2. The number of aromatic nitrogens is 1. The highest BCUT2D eigenvalue weighted by Crippen LogP contribution is 2.28. The number of aliphatic imine (C=N–C) groups is 1. The van der Waals surface area contributed by atoms with Crippen LogP contribution in [0.15, 0.2) is 29.4 Å². The highest BCUT2D eigenvalue weighted by atomic mass is 35.5. The second kappa shape index (κ2) is 3.89. The van der Waals surface area contributed by atoms with Crippen LogP contribution in [0.3, 0.4) is 0 Å². The third kappa shape index (κ3) is 1.67. The number of aryl methyl sites for hydroxylation is 1. The third-order valence-corrected chi connectivity index (χ3v) is 2.66. The van der Waals surface area contributed by atoms with Gasteiger partial charge in [-0.15, -0.1) is 0 Å². The van der Waals surface area contributed by atoms with E-state index in [1.54, 1.807) is 0 Å². The maximum Gasteiger partial charge on any atom is 0.235 e. The molecule has 0 saturated carbocycles. The highest BCUT2D eigenvalue weighted by molar-refractivity contribution is 6.35. The van der Waals surface area contributed by atoms with Gasteiger partial charge in [-0.2, -0.15) is 0 Å². The molecule has 0 bridgehead atoms. The van der Waals surface area contributed by atoms with Gasteiger partial charge in [0.1, 0.15) is 0 Å². The lowest BCUT2D eigenvalue weighted by atomic mass is 10.1. The molecular weight excluding hydrogens is 212 g/mol. The Kier molecular flexibility index (Phi) is 2.58. The second-order valence-electron chi connectivity index (χ2n) is 3.31. The number of isocyanates is 1. The molecule has 2 aromatic rings. The average Bonchev–Trinajstić information content (AvgIpc) is 2.53. The number of rotatable bonds is 2. The molecule has 0 spiro atoms. The van der Waals surface area contributed by atoms with Gasteiger partial charge >= 0.3 is 0 Å². The number of hydrogen-bond donors (Lipinski definition) is 0. The zero-order valence-corrected chi connectivity index (χ0v) is 8.95. The van der Waals surface area contributed by atoms with Crippen molar-refractivity contribution in [2.24, 2.45) is 12.0 Å². The lowest BCUT2D eigenvalue weighted by molar-refractivity contribution is 0.563. The van der Waals surface area contributed by atoms with Crippen LogP contribution in [0.1, 0.15) is 5.56 Å². The molecule has 0 amide bonds. The van der Waals surface area contributed by atoms with Gasteiger partial charge in [-0.05, 0) is 11.6 Å². The molecule has 0 saturated heterocycles. The summed E-state index contributed by atoms with van der Waals surface area (Å²) in [6.07, 6.45) is 3.38. The first kappa shape index (κ1) is 9.97. The molecule has 1 aromatic heterocycles. The lowest BCUT2D eigenvalue weighted by Crippen LogP contribution is -1.86. The van der Waals surface area contributed by atoms with E-state index in [1.165, 1.54) is 6.08 Å². The molecule has 2 rings (SSSR count). The van der Waals surface area contributed by atoms with Crippen molar-refractivity contribution in [1.29, 1.82) is 0 Å². The Morgan fingerprint density at radius 3 is 3.07 bits per heavy atom. The van der Waals surface area contributed by atoms with Crippen LogP contribution in [-0.4, -0.2) is 10.6 Å². The maximum absolute atomic E-state index is 10.1. The van der Waals surface area contributed by atoms with Crippen LogP contribution < -0.4 is 0 Å². The fourth-order valence-electron chi connectivity index (χ4n) is 1.71. The Morgan fingerprint density at radius 1 is 1.53 bits per heavy atom. The number of fused-ring (bicyclic) bond motifs is 1. The standard InChI is InChI=1S/C11H9ClN2O/c1-14-6-9(12)11-8(5-13-7-15)3-2-4-10(11)14/h2-4,6H,5H2,1H3. The molecule has 4 heteroatoms. The zero-order chi connectivity index (χ0) is 10.8. The fraction of sp³-hybridized carbons (Fsp3) is 0.182. The van der Waals surface area contributed by atoms with E-state index in [-0.39, 0.29) is 0 Å². The second-order valence-corrected chi connectivity index (χ2v) is 3.71. The summed E-state index contributed by atoms with van der Waals surface area (Å²) in [4.78, 5) is 13.6. The minimum absolute atomic E-state index is 0.324. The summed E-state index contributed by atoms with van der Waals surface area (Å²) in [7, 11) is 1.93. The van der Waals surface area contributed by atoms with Gasteiger partial charge in [0.25, 0.3) is 0 Å². The fourth-order valence-corrected chi connectivity index (χ4v) is 2.07. The van der Waals surface area contributed by atoms with Crippen LogP contribution in [0.4, 0.5) is 0 Å². The largest absolute Gasteiger partial charge is 0.349 e. The van der Waals surface area contributed by atoms with Crippen molar-refractivity contribution in [2.75, 3.05) is 0 Å². The van der Waals surface area contributed by atoms with Gasteiger partial charge in [0, 0.05) is 24.1 Å². The Bertz CT molecular complexity index is 553. The molecule has 3 nitrogen and oxygen atoms in total. The molecule has 0 atom stereocenters. The van der Waals surface area contributed by atoms with E-state index >= 15 is 0 Å². The first-order chi connectivity index (χ1) is 7.24. The third-order valence-electron chi connectivity index (χ3n) is 2.37. The molecule has 0 aliphatic carbocycles. The van der Waals surface area contributed by atoms with E-state index < -0.39 is 0 Å². The van der Waals surface area contributed by atoms with Crippen LogP contribution in [-0.2, 0) is 18.4 Å². The van der Waals surface area contributed by atoms with Gasteiger partial charge in [-0.3, -0.25) is 0 Å². The summed E-state index contributed by atoms with van der Waals surface area (Å²) in [6.45, 7) is 0.324. The predicted molar refractivity (Wildman–Crippen MR) is 59.8 cm³/mol. The first-order valence-electron chi connectivity index (χ1n) is 4.50. The van der Waals surface area contributed by atoms with Crippen molar-refractivity contribution in [3.8, 4) is 0 Å². The summed E-state index contributed by atoms with van der Waals surface area (Å²) in [5.74, 6) is 0. The Labute approximate surface area is 92.0 Å². The summed E-state index contributed by atoms with van der Waals surface area (Å²) < 4.78 is 1.95. The van der Waals surface area contributed by atoms with E-state index in [0.29, 0.717) is 11.6 Å². The lowest BCUT2D eigenvalue weighted by Gasteiger charge is -2.00. The molecule has 0 fully saturated rings. The molecule has 0 radical (unpaired) electrons. The van der Waals surface area contributed by atoms with Crippen molar-refractivity contribution in [2.45, 2.75) is 6.54 Å². The smallest absolute Gasteiger partial charge is 0.235 e. The highest BCUT2D eigenvalue weighted by Gasteiger charge is 2.08.